The summed E-state index contributed by atoms with van der Waals surface area (Å²) in [4.78, 5) is 0. The van der Waals surface area contributed by atoms with Crippen LogP contribution < -0.4 is 0 Å². The van der Waals surface area contributed by atoms with Crippen LogP contribution >= 0.6 is 0 Å². The molecule has 0 atom stereocenters. The van der Waals surface area contributed by atoms with Crippen LogP contribution in [0.2, 0.25) is 0 Å². The second-order valence-electron chi connectivity index (χ2n) is 8.06. The lowest BCUT2D eigenvalue weighted by molar-refractivity contribution is 0.280. The molecule has 0 saturated heterocycles. The lowest BCUT2D eigenvalue weighted by Crippen LogP contribution is -2.37. The van der Waals surface area contributed by atoms with Gasteiger partial charge in [0.05, 0.1) is 0 Å². The van der Waals surface area contributed by atoms with E-state index in [9.17, 15) is 0 Å². The van der Waals surface area contributed by atoms with Crippen LogP contribution in [0.15, 0.2) is 36.4 Å². The SMILES string of the molecule is CC(C)C1(C(C)C)c2ccccc2-c2c1ccc1c2CCCC1. The van der Waals surface area contributed by atoms with Gasteiger partial charge in [0.1, 0.15) is 0 Å². The Labute approximate surface area is 140 Å². The first-order chi connectivity index (χ1) is 11.1. The van der Waals surface area contributed by atoms with E-state index in [2.05, 4.69) is 64.1 Å². The summed E-state index contributed by atoms with van der Waals surface area (Å²) >= 11 is 0. The summed E-state index contributed by atoms with van der Waals surface area (Å²) in [6.07, 6.45) is 5.23. The minimum Gasteiger partial charge on any atom is -0.0619 e. The number of rotatable bonds is 2. The van der Waals surface area contributed by atoms with Crippen LogP contribution in [0, 0.1) is 11.8 Å². The number of hydrogen-bond donors (Lipinski definition) is 0. The number of hydrogen-bond acceptors (Lipinski definition) is 0. The molecule has 2 aromatic carbocycles. The van der Waals surface area contributed by atoms with Gasteiger partial charge in [0, 0.05) is 5.41 Å². The van der Waals surface area contributed by atoms with Crippen molar-refractivity contribution in [3.63, 3.8) is 0 Å². The van der Waals surface area contributed by atoms with E-state index in [-0.39, 0.29) is 5.41 Å². The van der Waals surface area contributed by atoms with Crippen molar-refractivity contribution in [2.24, 2.45) is 11.8 Å². The van der Waals surface area contributed by atoms with Gasteiger partial charge in [0.2, 0.25) is 0 Å². The molecule has 0 unspecified atom stereocenters. The van der Waals surface area contributed by atoms with Crippen molar-refractivity contribution < 1.29 is 0 Å². The van der Waals surface area contributed by atoms with E-state index < -0.39 is 0 Å². The number of fused-ring (bicyclic) bond motifs is 5. The highest BCUT2D eigenvalue weighted by Crippen LogP contribution is 2.58. The van der Waals surface area contributed by atoms with E-state index >= 15 is 0 Å². The zero-order valence-corrected chi connectivity index (χ0v) is 14.9. The molecule has 2 aliphatic rings. The van der Waals surface area contributed by atoms with Crippen molar-refractivity contribution in [3.8, 4) is 11.1 Å². The minimum absolute atomic E-state index is 0.165. The number of aryl methyl sites for hydroxylation is 1. The zero-order valence-electron chi connectivity index (χ0n) is 14.9. The summed E-state index contributed by atoms with van der Waals surface area (Å²) in [6.45, 7) is 9.63. The van der Waals surface area contributed by atoms with Crippen molar-refractivity contribution in [1.82, 2.24) is 0 Å². The van der Waals surface area contributed by atoms with Gasteiger partial charge in [-0.3, -0.25) is 0 Å². The highest BCUT2D eigenvalue weighted by Gasteiger charge is 2.48. The Kier molecular flexibility index (Phi) is 3.41. The van der Waals surface area contributed by atoms with E-state index in [0.717, 1.165) is 0 Å². The summed E-state index contributed by atoms with van der Waals surface area (Å²) in [5.74, 6) is 1.21. The molecule has 0 N–H and O–H groups in total. The molecule has 0 heterocycles. The Hall–Kier alpha value is -1.56. The van der Waals surface area contributed by atoms with Gasteiger partial charge >= 0.3 is 0 Å². The van der Waals surface area contributed by atoms with E-state index in [1.807, 2.05) is 0 Å². The molecule has 4 rings (SSSR count). The Balaban J connectivity index is 2.11. The number of benzene rings is 2. The van der Waals surface area contributed by atoms with E-state index in [4.69, 9.17) is 0 Å². The van der Waals surface area contributed by atoms with Gasteiger partial charge in [0.25, 0.3) is 0 Å². The smallest absolute Gasteiger partial charge is 0.0261 e. The molecule has 120 valence electrons. The van der Waals surface area contributed by atoms with Gasteiger partial charge in [0.15, 0.2) is 0 Å². The fourth-order valence-corrected chi connectivity index (χ4v) is 5.60. The van der Waals surface area contributed by atoms with Gasteiger partial charge < -0.3 is 0 Å². The Morgan fingerprint density at radius 2 is 1.48 bits per heavy atom. The Morgan fingerprint density at radius 3 is 2.22 bits per heavy atom. The molecule has 0 fully saturated rings. The third kappa shape index (κ3) is 1.84. The Morgan fingerprint density at radius 1 is 0.783 bits per heavy atom. The average Bonchev–Trinajstić information content (AvgIpc) is 2.86. The predicted octanol–water partition coefficient (Wildman–Crippen LogP) is 6.14. The van der Waals surface area contributed by atoms with Crippen molar-refractivity contribution in [2.45, 2.75) is 58.8 Å². The van der Waals surface area contributed by atoms with Crippen LogP contribution in [0.4, 0.5) is 0 Å². The van der Waals surface area contributed by atoms with Crippen molar-refractivity contribution in [3.05, 3.63) is 58.7 Å². The standard InChI is InChI=1S/C23H28/c1-15(2)23(16(3)4)20-12-8-7-11-19(20)22-18-10-6-5-9-17(18)13-14-21(22)23/h7-8,11-16H,5-6,9-10H2,1-4H3. The molecule has 0 aliphatic heterocycles. The second-order valence-corrected chi connectivity index (χ2v) is 8.06. The predicted molar refractivity (Wildman–Crippen MR) is 99.0 cm³/mol. The van der Waals surface area contributed by atoms with Crippen molar-refractivity contribution in [2.75, 3.05) is 0 Å². The molecule has 2 aromatic rings. The third-order valence-electron chi connectivity index (χ3n) is 6.44. The lowest BCUT2D eigenvalue weighted by Gasteiger charge is -2.40. The van der Waals surface area contributed by atoms with E-state index in [0.29, 0.717) is 11.8 Å². The summed E-state index contributed by atoms with van der Waals surface area (Å²) < 4.78 is 0. The summed E-state index contributed by atoms with van der Waals surface area (Å²) in [5.41, 5.74) is 9.71. The molecule has 0 bridgehead atoms. The molecule has 0 aromatic heterocycles. The molecule has 0 radical (unpaired) electrons. The second kappa shape index (κ2) is 5.23. The normalized spacial score (nSPS) is 18.0. The maximum atomic E-state index is 2.47. The molecular formula is C23H28. The van der Waals surface area contributed by atoms with Gasteiger partial charge in [-0.15, -0.1) is 0 Å². The van der Waals surface area contributed by atoms with Gasteiger partial charge in [-0.2, -0.15) is 0 Å². The molecule has 23 heavy (non-hydrogen) atoms. The average molecular weight is 304 g/mol. The highest BCUT2D eigenvalue weighted by atomic mass is 14.5. The topological polar surface area (TPSA) is 0 Å². The highest BCUT2D eigenvalue weighted by molar-refractivity contribution is 5.84. The molecular weight excluding hydrogens is 276 g/mol. The molecule has 0 saturated carbocycles. The van der Waals surface area contributed by atoms with Crippen LogP contribution in [-0.4, -0.2) is 0 Å². The quantitative estimate of drug-likeness (QED) is 0.624. The largest absolute Gasteiger partial charge is 0.0619 e. The minimum atomic E-state index is 0.165. The van der Waals surface area contributed by atoms with E-state index in [1.165, 1.54) is 31.2 Å². The van der Waals surface area contributed by atoms with E-state index in [1.54, 1.807) is 27.8 Å². The first-order valence-corrected chi connectivity index (χ1v) is 9.33. The van der Waals surface area contributed by atoms with Gasteiger partial charge in [-0.05, 0) is 70.9 Å². The van der Waals surface area contributed by atoms with Crippen LogP contribution in [0.5, 0.6) is 0 Å². The first kappa shape index (κ1) is 15.0. The fourth-order valence-electron chi connectivity index (χ4n) is 5.60. The summed E-state index contributed by atoms with van der Waals surface area (Å²) in [5, 5.41) is 0. The summed E-state index contributed by atoms with van der Waals surface area (Å²) in [7, 11) is 0. The molecule has 2 aliphatic carbocycles. The lowest BCUT2D eigenvalue weighted by atomic mass is 9.62. The van der Waals surface area contributed by atoms with Crippen LogP contribution in [0.1, 0.15) is 62.8 Å². The van der Waals surface area contributed by atoms with Crippen molar-refractivity contribution in [1.29, 1.82) is 0 Å². The van der Waals surface area contributed by atoms with Gasteiger partial charge in [-0.1, -0.05) is 64.1 Å². The first-order valence-electron chi connectivity index (χ1n) is 9.33. The third-order valence-corrected chi connectivity index (χ3v) is 6.44. The monoisotopic (exact) mass is 304 g/mol. The molecule has 0 nitrogen and oxygen atoms in total. The zero-order chi connectivity index (χ0) is 16.2. The molecule has 0 spiro atoms. The van der Waals surface area contributed by atoms with Crippen LogP contribution in [-0.2, 0) is 18.3 Å². The van der Waals surface area contributed by atoms with Gasteiger partial charge in [-0.25, -0.2) is 0 Å². The van der Waals surface area contributed by atoms with Crippen molar-refractivity contribution >= 4 is 0 Å². The van der Waals surface area contributed by atoms with Crippen LogP contribution in [0.25, 0.3) is 11.1 Å². The Bertz CT molecular complexity index is 741. The maximum absolute atomic E-state index is 2.47. The molecule has 0 heteroatoms. The fraction of sp³-hybridized carbons (Fsp3) is 0.478. The molecule has 0 amide bonds. The van der Waals surface area contributed by atoms with Crippen LogP contribution in [0.3, 0.4) is 0 Å². The summed E-state index contributed by atoms with van der Waals surface area (Å²) in [6, 6.07) is 14.1. The maximum Gasteiger partial charge on any atom is 0.0261 e.